The molecule has 3 rings (SSSR count). The lowest BCUT2D eigenvalue weighted by Gasteiger charge is -2.02. The van der Waals surface area contributed by atoms with Gasteiger partial charge in [0.1, 0.15) is 17.1 Å². The van der Waals surface area contributed by atoms with Crippen LogP contribution in [0.5, 0.6) is 5.75 Å². The van der Waals surface area contributed by atoms with Crippen molar-refractivity contribution >= 4 is 16.8 Å². The number of aryl methyl sites for hydroxylation is 1. The van der Waals surface area contributed by atoms with E-state index in [9.17, 15) is 4.79 Å². The number of benzene rings is 2. The van der Waals surface area contributed by atoms with Crippen LogP contribution in [-0.4, -0.2) is 12.9 Å². The third-order valence-corrected chi connectivity index (χ3v) is 3.35. The minimum Gasteiger partial charge on any atom is -0.497 e. The monoisotopic (exact) mass is 266 g/mol. The highest BCUT2D eigenvalue weighted by Gasteiger charge is 2.19. The summed E-state index contributed by atoms with van der Waals surface area (Å²) in [5.41, 5.74) is 1.99. The normalized spacial score (nSPS) is 10.7. The molecule has 0 unspecified atom stereocenters. The summed E-state index contributed by atoms with van der Waals surface area (Å²) in [5.74, 6) is 1.34. The SMILES string of the molecule is COc1ccc(C(=O)c2c(C)oc3ccccc23)cc1. The molecule has 1 aromatic heterocycles. The van der Waals surface area contributed by atoms with E-state index in [-0.39, 0.29) is 5.78 Å². The predicted molar refractivity (Wildman–Crippen MR) is 77.4 cm³/mol. The zero-order valence-electron chi connectivity index (χ0n) is 11.3. The quantitative estimate of drug-likeness (QED) is 0.673. The van der Waals surface area contributed by atoms with Gasteiger partial charge in [-0.05, 0) is 37.3 Å². The van der Waals surface area contributed by atoms with Crippen LogP contribution in [0.15, 0.2) is 52.9 Å². The Balaban J connectivity index is 2.09. The molecule has 3 heteroatoms. The number of hydrogen-bond acceptors (Lipinski definition) is 3. The summed E-state index contributed by atoms with van der Waals surface area (Å²) >= 11 is 0. The average molecular weight is 266 g/mol. The van der Waals surface area contributed by atoms with E-state index in [0.29, 0.717) is 16.9 Å². The summed E-state index contributed by atoms with van der Waals surface area (Å²) in [7, 11) is 1.60. The average Bonchev–Trinajstić information content (AvgIpc) is 2.82. The Hall–Kier alpha value is -2.55. The Labute approximate surface area is 116 Å². The minimum absolute atomic E-state index is 0.0323. The molecule has 0 saturated carbocycles. The molecule has 0 spiro atoms. The summed E-state index contributed by atoms with van der Waals surface area (Å²) in [5, 5.41) is 0.853. The fraction of sp³-hybridized carbons (Fsp3) is 0.118. The van der Waals surface area contributed by atoms with E-state index >= 15 is 0 Å². The number of methoxy groups -OCH3 is 1. The van der Waals surface area contributed by atoms with Crippen LogP contribution in [0.1, 0.15) is 21.7 Å². The van der Waals surface area contributed by atoms with Crippen molar-refractivity contribution in [3.05, 3.63) is 65.4 Å². The molecule has 0 saturated heterocycles. The summed E-state index contributed by atoms with van der Waals surface area (Å²) in [6.07, 6.45) is 0. The Bertz CT molecular complexity index is 767. The first-order valence-electron chi connectivity index (χ1n) is 6.37. The molecule has 0 aliphatic heterocycles. The van der Waals surface area contributed by atoms with Crippen molar-refractivity contribution in [2.45, 2.75) is 6.92 Å². The van der Waals surface area contributed by atoms with Crippen molar-refractivity contribution in [1.29, 1.82) is 0 Å². The third kappa shape index (κ3) is 1.97. The van der Waals surface area contributed by atoms with Crippen LogP contribution in [0.3, 0.4) is 0 Å². The molecule has 0 aliphatic carbocycles. The number of rotatable bonds is 3. The highest BCUT2D eigenvalue weighted by atomic mass is 16.5. The summed E-state index contributed by atoms with van der Waals surface area (Å²) < 4.78 is 10.7. The number of fused-ring (bicyclic) bond motifs is 1. The summed E-state index contributed by atoms with van der Waals surface area (Å²) in [6, 6.07) is 14.7. The molecule has 100 valence electrons. The Morgan fingerprint density at radius 2 is 1.75 bits per heavy atom. The van der Waals surface area contributed by atoms with Gasteiger partial charge in [-0.1, -0.05) is 18.2 Å². The molecule has 3 aromatic rings. The second-order valence-corrected chi connectivity index (χ2v) is 4.59. The second kappa shape index (κ2) is 4.85. The standard InChI is InChI=1S/C17H14O3/c1-11-16(14-5-3-4-6-15(14)20-11)17(18)12-7-9-13(19-2)10-8-12/h3-10H,1-2H3. The van der Waals surface area contributed by atoms with Gasteiger partial charge in [0, 0.05) is 10.9 Å². The molecule has 2 aromatic carbocycles. The van der Waals surface area contributed by atoms with Crippen molar-refractivity contribution in [2.24, 2.45) is 0 Å². The van der Waals surface area contributed by atoms with Gasteiger partial charge in [0.25, 0.3) is 0 Å². The first-order valence-corrected chi connectivity index (χ1v) is 6.37. The number of ether oxygens (including phenoxy) is 1. The molecule has 0 radical (unpaired) electrons. The van der Waals surface area contributed by atoms with Crippen molar-refractivity contribution in [2.75, 3.05) is 7.11 Å². The molecule has 0 N–H and O–H groups in total. The summed E-state index contributed by atoms with van der Waals surface area (Å²) in [4.78, 5) is 12.6. The Morgan fingerprint density at radius 1 is 1.05 bits per heavy atom. The van der Waals surface area contributed by atoms with Crippen LogP contribution in [-0.2, 0) is 0 Å². The van der Waals surface area contributed by atoms with E-state index in [1.807, 2.05) is 31.2 Å². The highest BCUT2D eigenvalue weighted by Crippen LogP contribution is 2.27. The van der Waals surface area contributed by atoms with Crippen molar-refractivity contribution in [3.63, 3.8) is 0 Å². The Morgan fingerprint density at radius 3 is 2.45 bits per heavy atom. The number of para-hydroxylation sites is 1. The molecule has 0 atom stereocenters. The molecule has 0 fully saturated rings. The number of carbonyl (C=O) groups is 1. The van der Waals surface area contributed by atoms with E-state index in [4.69, 9.17) is 9.15 Å². The molecule has 0 bridgehead atoms. The number of carbonyl (C=O) groups excluding carboxylic acids is 1. The highest BCUT2D eigenvalue weighted by molar-refractivity contribution is 6.16. The fourth-order valence-electron chi connectivity index (χ4n) is 2.34. The second-order valence-electron chi connectivity index (χ2n) is 4.59. The van der Waals surface area contributed by atoms with Gasteiger partial charge in [0.05, 0.1) is 12.7 Å². The molecular weight excluding hydrogens is 252 g/mol. The molecule has 1 heterocycles. The zero-order chi connectivity index (χ0) is 14.1. The lowest BCUT2D eigenvalue weighted by atomic mass is 10.0. The topological polar surface area (TPSA) is 39.4 Å². The van der Waals surface area contributed by atoms with Crippen LogP contribution in [0, 0.1) is 6.92 Å². The van der Waals surface area contributed by atoms with Gasteiger partial charge in [-0.15, -0.1) is 0 Å². The number of furan rings is 1. The van der Waals surface area contributed by atoms with Crippen LogP contribution in [0.25, 0.3) is 11.0 Å². The van der Waals surface area contributed by atoms with Crippen LogP contribution >= 0.6 is 0 Å². The molecule has 3 nitrogen and oxygen atoms in total. The Kier molecular flexibility index (Phi) is 3.03. The molecular formula is C17H14O3. The van der Waals surface area contributed by atoms with Crippen LogP contribution in [0.4, 0.5) is 0 Å². The number of ketones is 1. The molecule has 0 amide bonds. The van der Waals surface area contributed by atoms with Gasteiger partial charge in [-0.3, -0.25) is 4.79 Å². The minimum atomic E-state index is -0.0323. The van der Waals surface area contributed by atoms with Gasteiger partial charge >= 0.3 is 0 Å². The predicted octanol–water partition coefficient (Wildman–Crippen LogP) is 3.98. The maximum atomic E-state index is 12.6. The van der Waals surface area contributed by atoms with Crippen molar-refractivity contribution in [3.8, 4) is 5.75 Å². The summed E-state index contributed by atoms with van der Waals surface area (Å²) in [6.45, 7) is 1.82. The molecule has 0 aliphatic rings. The number of hydrogen-bond donors (Lipinski definition) is 0. The van der Waals surface area contributed by atoms with Gasteiger partial charge in [0.15, 0.2) is 5.78 Å². The maximum absolute atomic E-state index is 12.6. The van der Waals surface area contributed by atoms with E-state index in [1.165, 1.54) is 0 Å². The fourth-order valence-corrected chi connectivity index (χ4v) is 2.34. The lowest BCUT2D eigenvalue weighted by molar-refractivity contribution is 0.103. The van der Waals surface area contributed by atoms with Crippen molar-refractivity contribution < 1.29 is 13.9 Å². The molecule has 20 heavy (non-hydrogen) atoms. The smallest absolute Gasteiger partial charge is 0.197 e. The van der Waals surface area contributed by atoms with Crippen molar-refractivity contribution in [1.82, 2.24) is 0 Å². The third-order valence-electron chi connectivity index (χ3n) is 3.35. The van der Waals surface area contributed by atoms with Gasteiger partial charge in [-0.2, -0.15) is 0 Å². The largest absolute Gasteiger partial charge is 0.497 e. The van der Waals surface area contributed by atoms with Gasteiger partial charge < -0.3 is 9.15 Å². The van der Waals surface area contributed by atoms with E-state index in [0.717, 1.165) is 16.7 Å². The maximum Gasteiger partial charge on any atom is 0.197 e. The van der Waals surface area contributed by atoms with E-state index < -0.39 is 0 Å². The van der Waals surface area contributed by atoms with Crippen LogP contribution in [0.2, 0.25) is 0 Å². The lowest BCUT2D eigenvalue weighted by Crippen LogP contribution is -2.02. The van der Waals surface area contributed by atoms with E-state index in [1.54, 1.807) is 31.4 Å². The zero-order valence-corrected chi connectivity index (χ0v) is 11.3. The van der Waals surface area contributed by atoms with Gasteiger partial charge in [0.2, 0.25) is 0 Å². The van der Waals surface area contributed by atoms with Crippen LogP contribution < -0.4 is 4.74 Å². The first kappa shape index (κ1) is 12.5. The van der Waals surface area contributed by atoms with Gasteiger partial charge in [-0.25, -0.2) is 0 Å². The van der Waals surface area contributed by atoms with E-state index in [2.05, 4.69) is 0 Å². The first-order chi connectivity index (χ1) is 9.70.